The van der Waals surface area contributed by atoms with Gasteiger partial charge >= 0.3 is 0 Å². The normalized spacial score (nSPS) is 0. The first-order valence-corrected chi connectivity index (χ1v) is 0. The van der Waals surface area contributed by atoms with E-state index in [1.165, 1.54) is 0 Å². The van der Waals surface area contributed by atoms with Crippen LogP contribution in [-0.4, -0.2) is 25.8 Å². The molecular formula is H5CuInPS. The van der Waals surface area contributed by atoms with Crippen molar-refractivity contribution in [2.24, 2.45) is 0 Å². The minimum atomic E-state index is 0. The molecule has 0 nitrogen and oxygen atoms in total. The summed E-state index contributed by atoms with van der Waals surface area (Å²) in [7, 11) is 0. The van der Waals surface area contributed by atoms with Gasteiger partial charge in [-0.15, -0.1) is 0 Å². The Bertz CT molecular complexity index is 8.00. The Morgan fingerprint density at radius 3 is 1.00 bits per heavy atom. The summed E-state index contributed by atoms with van der Waals surface area (Å²) in [6, 6.07) is 0. The Hall–Kier alpha value is 2.17. The molecular weight excluding hydrogens is 241 g/mol. The SMILES string of the molecule is P.S.[Cu].[In]. The number of hydrogen-bond donors (Lipinski definition) is 0. The summed E-state index contributed by atoms with van der Waals surface area (Å²) in [6.07, 6.45) is 0. The van der Waals surface area contributed by atoms with E-state index < -0.39 is 0 Å². The van der Waals surface area contributed by atoms with Gasteiger partial charge in [-0.1, -0.05) is 0 Å². The van der Waals surface area contributed by atoms with E-state index in [1.807, 2.05) is 0 Å². The second kappa shape index (κ2) is 19.1. The standard InChI is InChI=1S/Cu.In.H3P.H2S/h;;1H3;1H2. The molecule has 0 fully saturated rings. The van der Waals surface area contributed by atoms with E-state index in [9.17, 15) is 0 Å². The van der Waals surface area contributed by atoms with Crippen LogP contribution in [-0.2, 0) is 17.1 Å². The monoisotopic (exact) mass is 246 g/mol. The fraction of sp³-hybridized carbons (Fsp3) is 0. The molecule has 4 heteroatoms. The Kier molecular flexibility index (Phi) is 167. The molecule has 1 unspecified atom stereocenters. The fourth-order valence-corrected chi connectivity index (χ4v) is 0. The molecule has 0 amide bonds. The maximum absolute atomic E-state index is 0. The topological polar surface area (TPSA) is 0 Å². The van der Waals surface area contributed by atoms with Crippen LogP contribution in [0, 0.1) is 0 Å². The first-order chi connectivity index (χ1) is 0. The minimum Gasteiger partial charge on any atom is -0.197 e. The predicted octanol–water partition coefficient (Wildman–Crippen LogP) is -0.212. The van der Waals surface area contributed by atoms with E-state index >= 15 is 0 Å². The second-order valence-corrected chi connectivity index (χ2v) is 0. The van der Waals surface area contributed by atoms with Crippen molar-refractivity contribution in [2.45, 2.75) is 0 Å². The van der Waals surface area contributed by atoms with Gasteiger partial charge in [-0.2, -0.15) is 23.4 Å². The molecule has 0 aromatic carbocycles. The molecule has 0 spiro atoms. The van der Waals surface area contributed by atoms with Crippen molar-refractivity contribution in [1.82, 2.24) is 0 Å². The van der Waals surface area contributed by atoms with Gasteiger partial charge in [0.1, 0.15) is 0 Å². The van der Waals surface area contributed by atoms with E-state index in [2.05, 4.69) is 0 Å². The van der Waals surface area contributed by atoms with Gasteiger partial charge in [0.2, 0.25) is 0 Å². The molecule has 0 saturated carbocycles. The molecule has 0 rings (SSSR count). The Morgan fingerprint density at radius 2 is 1.00 bits per heavy atom. The van der Waals surface area contributed by atoms with Crippen LogP contribution in [0.1, 0.15) is 0 Å². The summed E-state index contributed by atoms with van der Waals surface area (Å²) in [5, 5.41) is 0. The summed E-state index contributed by atoms with van der Waals surface area (Å²) >= 11 is 0. The molecule has 30 valence electrons. The summed E-state index contributed by atoms with van der Waals surface area (Å²) in [5.41, 5.74) is 0. The van der Waals surface area contributed by atoms with Crippen LogP contribution in [0.4, 0.5) is 0 Å². The van der Waals surface area contributed by atoms with Crippen LogP contribution in [0.5, 0.6) is 0 Å². The van der Waals surface area contributed by atoms with Crippen molar-refractivity contribution in [3.8, 4) is 0 Å². The van der Waals surface area contributed by atoms with Crippen LogP contribution < -0.4 is 0 Å². The molecule has 0 aliphatic heterocycles. The zero-order chi connectivity index (χ0) is 0. The molecule has 0 N–H and O–H groups in total. The molecule has 0 aromatic rings. The molecule has 0 aliphatic rings. The quantitative estimate of drug-likeness (QED) is 0.410. The third kappa shape index (κ3) is 8.90. The van der Waals surface area contributed by atoms with Gasteiger partial charge in [0.15, 0.2) is 0 Å². The maximum atomic E-state index is 0. The first-order valence-electron chi connectivity index (χ1n) is 0. The first kappa shape index (κ1) is 35.0. The summed E-state index contributed by atoms with van der Waals surface area (Å²) in [5.74, 6) is 0. The maximum Gasteiger partial charge on any atom is 0 e. The van der Waals surface area contributed by atoms with Gasteiger partial charge in [0.05, 0.1) is 0 Å². The minimum absolute atomic E-state index is 0. The van der Waals surface area contributed by atoms with Gasteiger partial charge in [-0.25, -0.2) is 0 Å². The number of rotatable bonds is 0. The zero-order valence-corrected chi connectivity index (χ0v) is 8.74. The third-order valence-corrected chi connectivity index (χ3v) is 0. The van der Waals surface area contributed by atoms with E-state index in [4.69, 9.17) is 0 Å². The molecule has 4 heavy (non-hydrogen) atoms. The molecule has 0 saturated heterocycles. The van der Waals surface area contributed by atoms with Crippen LogP contribution >= 0.6 is 23.4 Å². The van der Waals surface area contributed by atoms with Crippen LogP contribution in [0.2, 0.25) is 0 Å². The van der Waals surface area contributed by atoms with Gasteiger partial charge in [0, 0.05) is 42.9 Å². The smallest absolute Gasteiger partial charge is 0 e. The van der Waals surface area contributed by atoms with Crippen molar-refractivity contribution in [3.05, 3.63) is 0 Å². The van der Waals surface area contributed by atoms with Gasteiger partial charge in [-0.3, -0.25) is 0 Å². The van der Waals surface area contributed by atoms with Crippen molar-refractivity contribution in [2.75, 3.05) is 0 Å². The Morgan fingerprint density at radius 1 is 1.00 bits per heavy atom. The number of hydrogen-bond acceptors (Lipinski definition) is 0. The predicted molar refractivity (Wildman–Crippen MR) is 27.2 cm³/mol. The van der Waals surface area contributed by atoms with Crippen molar-refractivity contribution in [1.29, 1.82) is 0 Å². The van der Waals surface area contributed by atoms with E-state index in [0.717, 1.165) is 0 Å². The summed E-state index contributed by atoms with van der Waals surface area (Å²) < 4.78 is 0. The van der Waals surface area contributed by atoms with Crippen molar-refractivity contribution >= 4 is 49.2 Å². The van der Waals surface area contributed by atoms with Crippen molar-refractivity contribution < 1.29 is 17.1 Å². The molecule has 0 heterocycles. The summed E-state index contributed by atoms with van der Waals surface area (Å²) in [4.78, 5) is 0. The van der Waals surface area contributed by atoms with Crippen LogP contribution in [0.25, 0.3) is 0 Å². The van der Waals surface area contributed by atoms with Gasteiger partial charge in [0.25, 0.3) is 0 Å². The van der Waals surface area contributed by atoms with Gasteiger partial charge in [-0.05, 0) is 0 Å². The van der Waals surface area contributed by atoms with Gasteiger partial charge < -0.3 is 0 Å². The molecule has 1 atom stereocenters. The third-order valence-electron chi connectivity index (χ3n) is 0. The van der Waals surface area contributed by atoms with E-state index in [1.54, 1.807) is 0 Å². The van der Waals surface area contributed by atoms with E-state index in [-0.39, 0.29) is 66.3 Å². The van der Waals surface area contributed by atoms with Crippen molar-refractivity contribution in [3.63, 3.8) is 0 Å². The summed E-state index contributed by atoms with van der Waals surface area (Å²) in [6.45, 7) is 0. The average molecular weight is 246 g/mol. The zero-order valence-electron chi connectivity index (χ0n) is 2.09. The molecule has 0 bridgehead atoms. The molecule has 4 radical (unpaired) electrons. The molecule has 0 aliphatic carbocycles. The Labute approximate surface area is 65.8 Å². The van der Waals surface area contributed by atoms with Crippen LogP contribution in [0.15, 0.2) is 0 Å². The molecule has 0 aromatic heterocycles. The van der Waals surface area contributed by atoms with Crippen LogP contribution in [0.3, 0.4) is 0 Å². The average Bonchev–Trinajstić information content (AvgIpc) is 0. The largest absolute Gasteiger partial charge is 0.197 e. The fourth-order valence-electron chi connectivity index (χ4n) is 0. The Balaban J connectivity index is 0. The second-order valence-electron chi connectivity index (χ2n) is 0. The van der Waals surface area contributed by atoms with E-state index in [0.29, 0.717) is 0 Å².